The first-order chi connectivity index (χ1) is 7.18. The molecule has 0 saturated carbocycles. The van der Waals surface area contributed by atoms with Crippen LogP contribution < -0.4 is 5.32 Å². The zero-order valence-corrected chi connectivity index (χ0v) is 8.70. The third-order valence-electron chi connectivity index (χ3n) is 2.35. The van der Waals surface area contributed by atoms with Gasteiger partial charge in [0.15, 0.2) is 0 Å². The van der Waals surface area contributed by atoms with Gasteiger partial charge in [0.25, 0.3) is 0 Å². The summed E-state index contributed by atoms with van der Waals surface area (Å²) in [6, 6.07) is 0. The highest BCUT2D eigenvalue weighted by molar-refractivity contribution is 5.76. The van der Waals surface area contributed by atoms with E-state index in [2.05, 4.69) is 5.32 Å². The molecule has 1 atom stereocenters. The topological polar surface area (TPSA) is 75.6 Å². The van der Waals surface area contributed by atoms with E-state index in [4.69, 9.17) is 9.84 Å². The summed E-state index contributed by atoms with van der Waals surface area (Å²) in [7, 11) is 0. The van der Waals surface area contributed by atoms with Gasteiger partial charge in [0.2, 0.25) is 5.91 Å². The Balaban J connectivity index is 2.00. The number of carboxylic acids is 1. The fourth-order valence-corrected chi connectivity index (χ4v) is 1.52. The van der Waals surface area contributed by atoms with E-state index >= 15 is 0 Å². The van der Waals surface area contributed by atoms with Crippen molar-refractivity contribution in [2.24, 2.45) is 0 Å². The minimum Gasteiger partial charge on any atom is -0.481 e. The Kier molecular flexibility index (Phi) is 5.10. The predicted octanol–water partition coefficient (Wildman–Crippen LogP) is 0.536. The highest BCUT2D eigenvalue weighted by atomic mass is 16.5. The van der Waals surface area contributed by atoms with Crippen LogP contribution in [0, 0.1) is 0 Å². The maximum atomic E-state index is 11.2. The van der Waals surface area contributed by atoms with Gasteiger partial charge in [-0.2, -0.15) is 0 Å². The van der Waals surface area contributed by atoms with Crippen LogP contribution in [-0.4, -0.2) is 36.2 Å². The first kappa shape index (κ1) is 12.0. The second kappa shape index (κ2) is 6.40. The van der Waals surface area contributed by atoms with E-state index in [0.717, 1.165) is 19.4 Å². The Morgan fingerprint density at radius 1 is 1.40 bits per heavy atom. The SMILES string of the molecule is O=C(O)CCCC(=O)NC[C@H]1CCCO1. The maximum Gasteiger partial charge on any atom is 0.303 e. The van der Waals surface area contributed by atoms with Gasteiger partial charge in [-0.05, 0) is 19.3 Å². The molecule has 0 radical (unpaired) electrons. The van der Waals surface area contributed by atoms with Gasteiger partial charge in [-0.15, -0.1) is 0 Å². The van der Waals surface area contributed by atoms with Gasteiger partial charge in [0.05, 0.1) is 6.10 Å². The standard InChI is InChI=1S/C10H17NO4/c12-9(4-1-5-10(13)14)11-7-8-3-2-6-15-8/h8H,1-7H2,(H,11,12)(H,13,14)/t8-/m1/s1. The Morgan fingerprint density at radius 2 is 2.20 bits per heavy atom. The van der Waals surface area contributed by atoms with Crippen molar-refractivity contribution in [1.29, 1.82) is 0 Å². The summed E-state index contributed by atoms with van der Waals surface area (Å²) in [6.45, 7) is 1.32. The number of hydrogen-bond donors (Lipinski definition) is 2. The normalized spacial score (nSPS) is 20.1. The first-order valence-electron chi connectivity index (χ1n) is 5.28. The quantitative estimate of drug-likeness (QED) is 0.678. The van der Waals surface area contributed by atoms with Crippen molar-refractivity contribution >= 4 is 11.9 Å². The van der Waals surface area contributed by atoms with Crippen LogP contribution in [0.5, 0.6) is 0 Å². The Labute approximate surface area is 88.8 Å². The Morgan fingerprint density at radius 3 is 2.80 bits per heavy atom. The molecule has 0 unspecified atom stereocenters. The number of aliphatic carboxylic acids is 1. The van der Waals surface area contributed by atoms with Gasteiger partial charge in [-0.3, -0.25) is 9.59 Å². The smallest absolute Gasteiger partial charge is 0.303 e. The summed E-state index contributed by atoms with van der Waals surface area (Å²) in [5.74, 6) is -0.950. The van der Waals surface area contributed by atoms with Crippen LogP contribution in [0.1, 0.15) is 32.1 Å². The van der Waals surface area contributed by atoms with E-state index in [-0.39, 0.29) is 24.9 Å². The average molecular weight is 215 g/mol. The molecule has 1 aliphatic heterocycles. The monoisotopic (exact) mass is 215 g/mol. The summed E-state index contributed by atoms with van der Waals surface area (Å²) < 4.78 is 5.34. The average Bonchev–Trinajstić information content (AvgIpc) is 2.66. The van der Waals surface area contributed by atoms with Gasteiger partial charge in [0, 0.05) is 26.0 Å². The zero-order valence-electron chi connectivity index (χ0n) is 8.70. The van der Waals surface area contributed by atoms with Crippen molar-refractivity contribution < 1.29 is 19.4 Å². The van der Waals surface area contributed by atoms with E-state index in [1.807, 2.05) is 0 Å². The fraction of sp³-hybridized carbons (Fsp3) is 0.800. The van der Waals surface area contributed by atoms with E-state index in [1.165, 1.54) is 0 Å². The number of rotatable bonds is 6. The predicted molar refractivity (Wildman–Crippen MR) is 53.5 cm³/mol. The lowest BCUT2D eigenvalue weighted by Crippen LogP contribution is -2.31. The number of amides is 1. The Hall–Kier alpha value is -1.10. The third-order valence-corrected chi connectivity index (χ3v) is 2.35. The summed E-state index contributed by atoms with van der Waals surface area (Å²) in [6.07, 6.45) is 2.92. The number of carbonyl (C=O) groups excluding carboxylic acids is 1. The summed E-state index contributed by atoms with van der Waals surface area (Å²) in [5, 5.41) is 11.1. The number of carboxylic acid groups (broad SMARTS) is 1. The fourth-order valence-electron chi connectivity index (χ4n) is 1.52. The number of hydrogen-bond acceptors (Lipinski definition) is 3. The molecule has 0 aromatic rings. The first-order valence-corrected chi connectivity index (χ1v) is 5.28. The van der Waals surface area contributed by atoms with Crippen molar-refractivity contribution in [2.75, 3.05) is 13.2 Å². The van der Waals surface area contributed by atoms with Crippen LogP contribution >= 0.6 is 0 Å². The highest BCUT2D eigenvalue weighted by Crippen LogP contribution is 2.10. The molecule has 2 N–H and O–H groups in total. The molecule has 1 amide bonds. The van der Waals surface area contributed by atoms with Gasteiger partial charge in [0.1, 0.15) is 0 Å². The zero-order chi connectivity index (χ0) is 11.1. The highest BCUT2D eigenvalue weighted by Gasteiger charge is 2.15. The van der Waals surface area contributed by atoms with E-state index in [1.54, 1.807) is 0 Å². The van der Waals surface area contributed by atoms with Gasteiger partial charge < -0.3 is 15.2 Å². The minimum atomic E-state index is -0.859. The molecular weight excluding hydrogens is 198 g/mol. The van der Waals surface area contributed by atoms with Crippen LogP contribution in [-0.2, 0) is 14.3 Å². The summed E-state index contributed by atoms with van der Waals surface area (Å²) in [4.78, 5) is 21.4. The van der Waals surface area contributed by atoms with Crippen LogP contribution in [0.3, 0.4) is 0 Å². The molecule has 0 aromatic carbocycles. The molecule has 5 nitrogen and oxygen atoms in total. The molecule has 0 aliphatic carbocycles. The minimum absolute atomic E-state index is 0.0490. The van der Waals surface area contributed by atoms with Crippen LogP contribution in [0.4, 0.5) is 0 Å². The lowest BCUT2D eigenvalue weighted by atomic mass is 10.2. The second-order valence-corrected chi connectivity index (χ2v) is 3.69. The molecule has 15 heavy (non-hydrogen) atoms. The van der Waals surface area contributed by atoms with Crippen LogP contribution in [0.25, 0.3) is 0 Å². The summed E-state index contributed by atoms with van der Waals surface area (Å²) >= 11 is 0. The molecule has 1 saturated heterocycles. The molecule has 1 fully saturated rings. The lowest BCUT2D eigenvalue weighted by molar-refractivity contribution is -0.137. The number of nitrogens with one attached hydrogen (secondary N) is 1. The molecule has 86 valence electrons. The van der Waals surface area contributed by atoms with E-state index in [0.29, 0.717) is 13.0 Å². The van der Waals surface area contributed by atoms with Crippen LogP contribution in [0.2, 0.25) is 0 Å². The molecule has 1 heterocycles. The molecule has 0 spiro atoms. The van der Waals surface area contributed by atoms with Crippen molar-refractivity contribution in [3.05, 3.63) is 0 Å². The molecule has 5 heteroatoms. The molecule has 0 bridgehead atoms. The van der Waals surface area contributed by atoms with Crippen molar-refractivity contribution in [2.45, 2.75) is 38.2 Å². The third kappa shape index (κ3) is 5.37. The lowest BCUT2D eigenvalue weighted by Gasteiger charge is -2.10. The second-order valence-electron chi connectivity index (χ2n) is 3.69. The Bertz CT molecular complexity index is 223. The van der Waals surface area contributed by atoms with Crippen LogP contribution in [0.15, 0.2) is 0 Å². The van der Waals surface area contributed by atoms with Gasteiger partial charge in [-0.1, -0.05) is 0 Å². The van der Waals surface area contributed by atoms with Gasteiger partial charge in [-0.25, -0.2) is 0 Å². The summed E-state index contributed by atoms with van der Waals surface area (Å²) in [5.41, 5.74) is 0. The van der Waals surface area contributed by atoms with E-state index < -0.39 is 5.97 Å². The van der Waals surface area contributed by atoms with E-state index in [9.17, 15) is 9.59 Å². The molecular formula is C10H17NO4. The number of carbonyl (C=O) groups is 2. The van der Waals surface area contributed by atoms with Crippen molar-refractivity contribution in [1.82, 2.24) is 5.32 Å². The van der Waals surface area contributed by atoms with Gasteiger partial charge >= 0.3 is 5.97 Å². The molecule has 1 rings (SSSR count). The van der Waals surface area contributed by atoms with Crippen molar-refractivity contribution in [3.8, 4) is 0 Å². The maximum absolute atomic E-state index is 11.2. The number of ether oxygens (including phenoxy) is 1. The largest absolute Gasteiger partial charge is 0.481 e. The van der Waals surface area contributed by atoms with Crippen molar-refractivity contribution in [3.63, 3.8) is 0 Å². The molecule has 1 aliphatic rings. The molecule has 0 aromatic heterocycles.